The van der Waals surface area contributed by atoms with E-state index < -0.39 is 6.10 Å². The lowest BCUT2D eigenvalue weighted by Crippen LogP contribution is -2.50. The van der Waals surface area contributed by atoms with Gasteiger partial charge in [0.05, 0.1) is 18.8 Å². The van der Waals surface area contributed by atoms with Crippen molar-refractivity contribution in [2.45, 2.75) is 12.5 Å². The van der Waals surface area contributed by atoms with E-state index in [0.29, 0.717) is 25.4 Å². The lowest BCUT2D eigenvalue weighted by molar-refractivity contribution is -0.141. The molecule has 6 nitrogen and oxygen atoms in total. The Kier molecular flexibility index (Phi) is 3.68. The highest BCUT2D eigenvalue weighted by atomic mass is 16.5. The van der Waals surface area contributed by atoms with Crippen LogP contribution < -0.4 is 15.0 Å². The third-order valence-electron chi connectivity index (χ3n) is 3.83. The average Bonchev–Trinajstić information content (AvgIpc) is 2.71. The van der Waals surface area contributed by atoms with Gasteiger partial charge in [-0.15, -0.1) is 0 Å². The molecule has 6 heteroatoms. The maximum absolute atomic E-state index is 12.6. The molecule has 0 aliphatic carbocycles. The topological polar surface area (TPSA) is 61.9 Å². The summed E-state index contributed by atoms with van der Waals surface area (Å²) >= 11 is 0. The number of benzene rings is 1. The van der Waals surface area contributed by atoms with Crippen LogP contribution >= 0.6 is 0 Å². The van der Waals surface area contributed by atoms with Crippen LogP contribution in [0.15, 0.2) is 24.3 Å². The first-order valence-electron chi connectivity index (χ1n) is 7.17. The summed E-state index contributed by atoms with van der Waals surface area (Å²) in [6.45, 7) is 1.82. The standard InChI is InChI=1S/C15H19N3O3/c1-17-9-13(21-12-6-3-2-5-11(12)17)15(20)18-8-4-7-16-14(19)10-18/h2-3,5-6,13H,4,7-10H2,1H3,(H,16,19)/t13-/m1/s1. The van der Waals surface area contributed by atoms with Gasteiger partial charge in [0.15, 0.2) is 6.10 Å². The number of hydrogen-bond acceptors (Lipinski definition) is 4. The van der Waals surface area contributed by atoms with Crippen LogP contribution in [0.4, 0.5) is 5.69 Å². The Morgan fingerprint density at radius 3 is 3.05 bits per heavy atom. The van der Waals surface area contributed by atoms with Crippen LogP contribution in [0.2, 0.25) is 0 Å². The van der Waals surface area contributed by atoms with E-state index in [4.69, 9.17) is 4.74 Å². The van der Waals surface area contributed by atoms with Crippen LogP contribution in [0.5, 0.6) is 5.75 Å². The van der Waals surface area contributed by atoms with E-state index in [2.05, 4.69) is 5.32 Å². The second-order valence-corrected chi connectivity index (χ2v) is 5.42. The summed E-state index contributed by atoms with van der Waals surface area (Å²) in [4.78, 5) is 27.8. The summed E-state index contributed by atoms with van der Waals surface area (Å²) in [6, 6.07) is 7.66. The minimum atomic E-state index is -0.559. The van der Waals surface area contributed by atoms with Crippen molar-refractivity contribution in [3.63, 3.8) is 0 Å². The first kappa shape index (κ1) is 13.7. The quantitative estimate of drug-likeness (QED) is 0.804. The van der Waals surface area contributed by atoms with Crippen LogP contribution in [0.1, 0.15) is 6.42 Å². The normalized spacial score (nSPS) is 22.0. The van der Waals surface area contributed by atoms with Crippen molar-refractivity contribution in [1.82, 2.24) is 10.2 Å². The van der Waals surface area contributed by atoms with E-state index in [9.17, 15) is 9.59 Å². The van der Waals surface area contributed by atoms with Gasteiger partial charge in [-0.05, 0) is 18.6 Å². The highest BCUT2D eigenvalue weighted by molar-refractivity contribution is 5.88. The molecule has 0 aromatic heterocycles. The number of rotatable bonds is 1. The van der Waals surface area contributed by atoms with Gasteiger partial charge in [0.2, 0.25) is 5.91 Å². The number of fused-ring (bicyclic) bond motifs is 1. The molecule has 0 spiro atoms. The Morgan fingerprint density at radius 2 is 2.19 bits per heavy atom. The van der Waals surface area contributed by atoms with E-state index in [1.54, 1.807) is 4.90 Å². The second-order valence-electron chi connectivity index (χ2n) is 5.42. The lowest BCUT2D eigenvalue weighted by Gasteiger charge is -2.35. The number of anilines is 1. The highest BCUT2D eigenvalue weighted by Crippen LogP contribution is 2.32. The number of nitrogens with zero attached hydrogens (tertiary/aromatic N) is 2. The molecule has 1 N–H and O–H groups in total. The predicted molar refractivity (Wildman–Crippen MR) is 78.3 cm³/mol. The zero-order valence-electron chi connectivity index (χ0n) is 12.0. The Labute approximate surface area is 123 Å². The van der Waals surface area contributed by atoms with Gasteiger partial charge in [0.25, 0.3) is 5.91 Å². The third kappa shape index (κ3) is 2.79. The van der Waals surface area contributed by atoms with Crippen molar-refractivity contribution in [3.05, 3.63) is 24.3 Å². The summed E-state index contributed by atoms with van der Waals surface area (Å²) in [6.07, 6.45) is 0.215. The predicted octanol–water partition coefficient (Wildman–Crippen LogP) is 0.232. The Morgan fingerprint density at radius 1 is 1.38 bits per heavy atom. The number of amides is 2. The maximum atomic E-state index is 12.6. The Bertz CT molecular complexity index is 561. The molecule has 112 valence electrons. The minimum absolute atomic E-state index is 0.106. The molecule has 1 aromatic carbocycles. The van der Waals surface area contributed by atoms with Crippen molar-refractivity contribution in [2.24, 2.45) is 0 Å². The molecule has 1 saturated heterocycles. The van der Waals surface area contributed by atoms with E-state index in [1.807, 2.05) is 36.2 Å². The van der Waals surface area contributed by atoms with E-state index in [1.165, 1.54) is 0 Å². The number of ether oxygens (including phenoxy) is 1. The van der Waals surface area contributed by atoms with E-state index >= 15 is 0 Å². The van der Waals surface area contributed by atoms with Crippen LogP contribution in [0.25, 0.3) is 0 Å². The Balaban J connectivity index is 1.75. The number of carbonyl (C=O) groups is 2. The van der Waals surface area contributed by atoms with Gasteiger partial charge < -0.3 is 19.9 Å². The summed E-state index contributed by atoms with van der Waals surface area (Å²) < 4.78 is 5.83. The highest BCUT2D eigenvalue weighted by Gasteiger charge is 2.33. The number of carbonyl (C=O) groups excluding carboxylic acids is 2. The molecule has 1 aromatic rings. The molecule has 2 aliphatic heterocycles. The van der Waals surface area contributed by atoms with Crippen LogP contribution in [0, 0.1) is 0 Å². The number of likely N-dealkylation sites (N-methyl/N-ethyl adjacent to an activating group) is 1. The number of nitrogens with one attached hydrogen (secondary N) is 1. The monoisotopic (exact) mass is 289 g/mol. The molecule has 21 heavy (non-hydrogen) atoms. The fourth-order valence-corrected chi connectivity index (χ4v) is 2.74. The molecule has 0 unspecified atom stereocenters. The van der Waals surface area contributed by atoms with Gasteiger partial charge in [-0.3, -0.25) is 9.59 Å². The zero-order valence-corrected chi connectivity index (χ0v) is 12.0. The molecule has 3 rings (SSSR count). The van der Waals surface area contributed by atoms with Gasteiger partial charge in [0, 0.05) is 20.1 Å². The molecule has 2 amide bonds. The molecule has 0 bridgehead atoms. The number of hydrogen-bond donors (Lipinski definition) is 1. The smallest absolute Gasteiger partial charge is 0.265 e. The summed E-state index contributed by atoms with van der Waals surface area (Å²) in [5.41, 5.74) is 0.982. The van der Waals surface area contributed by atoms with Gasteiger partial charge in [-0.1, -0.05) is 12.1 Å². The van der Waals surface area contributed by atoms with Crippen molar-refractivity contribution in [1.29, 1.82) is 0 Å². The fraction of sp³-hybridized carbons (Fsp3) is 0.467. The molecular weight excluding hydrogens is 270 g/mol. The molecule has 2 heterocycles. The lowest BCUT2D eigenvalue weighted by atomic mass is 10.2. The summed E-state index contributed by atoms with van der Waals surface area (Å²) in [5, 5.41) is 2.77. The largest absolute Gasteiger partial charge is 0.477 e. The minimum Gasteiger partial charge on any atom is -0.477 e. The van der Waals surface area contributed by atoms with Crippen molar-refractivity contribution in [2.75, 3.05) is 38.1 Å². The van der Waals surface area contributed by atoms with Crippen molar-refractivity contribution >= 4 is 17.5 Å². The van der Waals surface area contributed by atoms with Gasteiger partial charge >= 0.3 is 0 Å². The van der Waals surface area contributed by atoms with Crippen LogP contribution in [-0.2, 0) is 9.59 Å². The van der Waals surface area contributed by atoms with E-state index in [-0.39, 0.29) is 18.4 Å². The average molecular weight is 289 g/mol. The van der Waals surface area contributed by atoms with Gasteiger partial charge in [0.1, 0.15) is 5.75 Å². The van der Waals surface area contributed by atoms with Gasteiger partial charge in [-0.25, -0.2) is 0 Å². The summed E-state index contributed by atoms with van der Waals surface area (Å²) in [5.74, 6) is 0.489. The van der Waals surface area contributed by atoms with Crippen LogP contribution in [-0.4, -0.2) is 56.0 Å². The SMILES string of the molecule is CN1C[C@H](C(=O)N2CCCNC(=O)C2)Oc2ccccc21. The first-order chi connectivity index (χ1) is 10.1. The summed E-state index contributed by atoms with van der Waals surface area (Å²) in [7, 11) is 1.94. The van der Waals surface area contributed by atoms with Crippen LogP contribution in [0.3, 0.4) is 0 Å². The molecule has 0 radical (unpaired) electrons. The molecule has 1 atom stereocenters. The van der Waals surface area contributed by atoms with Crippen molar-refractivity contribution < 1.29 is 14.3 Å². The van der Waals surface area contributed by atoms with E-state index in [0.717, 1.165) is 12.1 Å². The van der Waals surface area contributed by atoms with Gasteiger partial charge in [-0.2, -0.15) is 0 Å². The molecule has 1 fully saturated rings. The maximum Gasteiger partial charge on any atom is 0.265 e. The molecular formula is C15H19N3O3. The first-order valence-corrected chi connectivity index (χ1v) is 7.17. The number of para-hydroxylation sites is 2. The fourth-order valence-electron chi connectivity index (χ4n) is 2.74. The molecule has 2 aliphatic rings. The molecule has 0 saturated carbocycles. The zero-order chi connectivity index (χ0) is 14.8. The third-order valence-corrected chi connectivity index (χ3v) is 3.83. The Hall–Kier alpha value is -2.24. The second kappa shape index (κ2) is 5.63. The van der Waals surface area contributed by atoms with Crippen molar-refractivity contribution in [3.8, 4) is 5.75 Å².